The zero-order chi connectivity index (χ0) is 16.6. The first-order valence-electron chi connectivity index (χ1n) is 7.66. The Labute approximate surface area is 135 Å². The molecule has 4 heteroatoms. The highest BCUT2D eigenvalue weighted by molar-refractivity contribution is 5.95. The molecule has 2 aromatic carbocycles. The van der Waals surface area contributed by atoms with Crippen molar-refractivity contribution >= 4 is 22.6 Å². The molecule has 23 heavy (non-hydrogen) atoms. The van der Waals surface area contributed by atoms with Crippen molar-refractivity contribution in [3.05, 3.63) is 58.3 Å². The van der Waals surface area contributed by atoms with Crippen molar-refractivity contribution in [1.29, 1.82) is 0 Å². The highest BCUT2D eigenvalue weighted by Crippen LogP contribution is 2.24. The number of benzene rings is 2. The Morgan fingerprint density at radius 1 is 1.04 bits per heavy atom. The van der Waals surface area contributed by atoms with Crippen molar-refractivity contribution < 1.29 is 9.32 Å². The Balaban J connectivity index is 1.83. The van der Waals surface area contributed by atoms with Crippen LogP contribution in [0, 0.1) is 27.7 Å². The molecule has 1 heterocycles. The number of nitrogens with one attached hydrogen (secondary N) is 1. The number of aromatic nitrogens is 1. The summed E-state index contributed by atoms with van der Waals surface area (Å²) in [6.07, 6.45) is 0.198. The fourth-order valence-electron chi connectivity index (χ4n) is 2.87. The van der Waals surface area contributed by atoms with E-state index in [1.54, 1.807) is 0 Å². The summed E-state index contributed by atoms with van der Waals surface area (Å²) in [7, 11) is 0. The SMILES string of the molecule is Cc1ccc(NC(=O)Cc2noc3c(C)cc(C)cc23)c(C)c1. The first-order valence-corrected chi connectivity index (χ1v) is 7.66. The number of carbonyl (C=O) groups is 1. The van der Waals surface area contributed by atoms with Gasteiger partial charge in [-0.1, -0.05) is 28.9 Å². The third kappa shape index (κ3) is 3.11. The molecule has 0 spiro atoms. The summed E-state index contributed by atoms with van der Waals surface area (Å²) in [6.45, 7) is 8.03. The molecular weight excluding hydrogens is 288 g/mol. The third-order valence-electron chi connectivity index (χ3n) is 3.96. The largest absolute Gasteiger partial charge is 0.356 e. The van der Waals surface area contributed by atoms with Gasteiger partial charge < -0.3 is 9.84 Å². The van der Waals surface area contributed by atoms with Crippen molar-refractivity contribution in [2.45, 2.75) is 34.1 Å². The normalized spacial score (nSPS) is 11.0. The van der Waals surface area contributed by atoms with E-state index in [2.05, 4.69) is 10.5 Å². The Kier molecular flexibility index (Phi) is 3.90. The lowest BCUT2D eigenvalue weighted by molar-refractivity contribution is -0.115. The van der Waals surface area contributed by atoms with Gasteiger partial charge in [0.2, 0.25) is 5.91 Å². The molecule has 1 N–H and O–H groups in total. The Bertz CT molecular complexity index is 894. The van der Waals surface area contributed by atoms with Gasteiger partial charge in [-0.15, -0.1) is 0 Å². The summed E-state index contributed by atoms with van der Waals surface area (Å²) in [5.74, 6) is -0.0914. The van der Waals surface area contributed by atoms with Crippen LogP contribution in [0.3, 0.4) is 0 Å². The topological polar surface area (TPSA) is 55.1 Å². The molecule has 3 rings (SSSR count). The molecule has 3 aromatic rings. The van der Waals surface area contributed by atoms with E-state index in [0.717, 1.165) is 33.3 Å². The average molecular weight is 308 g/mol. The van der Waals surface area contributed by atoms with Crippen molar-refractivity contribution in [1.82, 2.24) is 5.16 Å². The van der Waals surface area contributed by atoms with Gasteiger partial charge in [-0.25, -0.2) is 0 Å². The summed E-state index contributed by atoms with van der Waals surface area (Å²) < 4.78 is 5.40. The molecular formula is C19H20N2O2. The van der Waals surface area contributed by atoms with Crippen LogP contribution in [-0.4, -0.2) is 11.1 Å². The third-order valence-corrected chi connectivity index (χ3v) is 3.96. The second-order valence-electron chi connectivity index (χ2n) is 6.13. The maximum Gasteiger partial charge on any atom is 0.230 e. The van der Waals surface area contributed by atoms with Gasteiger partial charge >= 0.3 is 0 Å². The molecule has 0 saturated heterocycles. The van der Waals surface area contributed by atoms with Gasteiger partial charge in [-0.3, -0.25) is 4.79 Å². The zero-order valence-corrected chi connectivity index (χ0v) is 13.9. The molecule has 0 atom stereocenters. The van der Waals surface area contributed by atoms with Crippen LogP contribution in [0.25, 0.3) is 11.0 Å². The van der Waals surface area contributed by atoms with Crippen LogP contribution < -0.4 is 5.32 Å². The summed E-state index contributed by atoms with van der Waals surface area (Å²) >= 11 is 0. The summed E-state index contributed by atoms with van der Waals surface area (Å²) in [6, 6.07) is 10.0. The average Bonchev–Trinajstić information content (AvgIpc) is 2.85. The number of hydrogen-bond acceptors (Lipinski definition) is 3. The lowest BCUT2D eigenvalue weighted by atomic mass is 10.1. The molecule has 0 unspecified atom stereocenters. The number of rotatable bonds is 3. The fraction of sp³-hybridized carbons (Fsp3) is 0.263. The van der Waals surface area contributed by atoms with Crippen molar-refractivity contribution in [3.63, 3.8) is 0 Å². The highest BCUT2D eigenvalue weighted by atomic mass is 16.5. The van der Waals surface area contributed by atoms with Crippen LogP contribution in [-0.2, 0) is 11.2 Å². The van der Waals surface area contributed by atoms with Crippen LogP contribution in [0.5, 0.6) is 0 Å². The van der Waals surface area contributed by atoms with E-state index in [-0.39, 0.29) is 12.3 Å². The van der Waals surface area contributed by atoms with E-state index in [0.29, 0.717) is 5.69 Å². The molecule has 4 nitrogen and oxygen atoms in total. The Hall–Kier alpha value is -2.62. The van der Waals surface area contributed by atoms with Crippen molar-refractivity contribution in [2.75, 3.05) is 5.32 Å². The first kappa shape index (κ1) is 15.3. The molecule has 0 bridgehead atoms. The van der Waals surface area contributed by atoms with Crippen molar-refractivity contribution in [2.24, 2.45) is 0 Å². The van der Waals surface area contributed by atoms with E-state index in [4.69, 9.17) is 4.52 Å². The molecule has 0 saturated carbocycles. The van der Waals surface area contributed by atoms with Gasteiger partial charge in [0.05, 0.1) is 6.42 Å². The molecule has 0 aliphatic carbocycles. The van der Waals surface area contributed by atoms with Crippen molar-refractivity contribution in [3.8, 4) is 0 Å². The van der Waals surface area contributed by atoms with E-state index < -0.39 is 0 Å². The first-order chi connectivity index (χ1) is 10.9. The van der Waals surface area contributed by atoms with Crippen LogP contribution in [0.1, 0.15) is 27.9 Å². The summed E-state index contributed by atoms with van der Waals surface area (Å²) in [5, 5.41) is 7.94. The number of carbonyl (C=O) groups excluding carboxylic acids is 1. The zero-order valence-electron chi connectivity index (χ0n) is 13.9. The van der Waals surface area contributed by atoms with Gasteiger partial charge in [-0.2, -0.15) is 0 Å². The molecule has 1 aromatic heterocycles. The monoisotopic (exact) mass is 308 g/mol. The second-order valence-corrected chi connectivity index (χ2v) is 6.13. The Morgan fingerprint density at radius 3 is 2.52 bits per heavy atom. The molecule has 0 fully saturated rings. The van der Waals surface area contributed by atoms with Gasteiger partial charge in [0, 0.05) is 11.1 Å². The van der Waals surface area contributed by atoms with Crippen LogP contribution in [0.15, 0.2) is 34.9 Å². The van der Waals surface area contributed by atoms with Crippen LogP contribution in [0.2, 0.25) is 0 Å². The molecule has 118 valence electrons. The number of fused-ring (bicyclic) bond motifs is 1. The van der Waals surface area contributed by atoms with Crippen LogP contribution >= 0.6 is 0 Å². The Morgan fingerprint density at radius 2 is 1.78 bits per heavy atom. The minimum Gasteiger partial charge on any atom is -0.356 e. The summed E-state index contributed by atoms with van der Waals surface area (Å²) in [5.41, 5.74) is 6.66. The fourth-order valence-corrected chi connectivity index (χ4v) is 2.87. The predicted molar refractivity (Wildman–Crippen MR) is 91.7 cm³/mol. The van der Waals surface area contributed by atoms with Gasteiger partial charge in [0.1, 0.15) is 5.69 Å². The maximum atomic E-state index is 12.3. The highest BCUT2D eigenvalue weighted by Gasteiger charge is 2.15. The van der Waals surface area contributed by atoms with Gasteiger partial charge in [-0.05, 0) is 56.5 Å². The smallest absolute Gasteiger partial charge is 0.230 e. The second kappa shape index (κ2) is 5.88. The molecule has 0 aliphatic heterocycles. The van der Waals surface area contributed by atoms with E-state index in [1.807, 2.05) is 58.0 Å². The number of amides is 1. The lowest BCUT2D eigenvalue weighted by Gasteiger charge is -2.08. The number of aryl methyl sites for hydroxylation is 4. The molecule has 0 radical (unpaired) electrons. The molecule has 1 amide bonds. The van der Waals surface area contributed by atoms with E-state index in [9.17, 15) is 4.79 Å². The van der Waals surface area contributed by atoms with Gasteiger partial charge in [0.15, 0.2) is 5.58 Å². The van der Waals surface area contributed by atoms with E-state index in [1.165, 1.54) is 5.56 Å². The standard InChI is InChI=1S/C19H20N2O2/c1-11-5-6-16(13(3)7-11)20-18(22)10-17-15-9-12(2)8-14(4)19(15)23-21-17/h5-9H,10H2,1-4H3,(H,20,22). The number of anilines is 1. The quantitative estimate of drug-likeness (QED) is 0.787. The predicted octanol–water partition coefficient (Wildman–Crippen LogP) is 4.24. The maximum absolute atomic E-state index is 12.3. The minimum absolute atomic E-state index is 0.0914. The molecule has 0 aliphatic rings. The minimum atomic E-state index is -0.0914. The lowest BCUT2D eigenvalue weighted by Crippen LogP contribution is -2.15. The van der Waals surface area contributed by atoms with E-state index >= 15 is 0 Å². The summed E-state index contributed by atoms with van der Waals surface area (Å²) in [4.78, 5) is 12.3. The van der Waals surface area contributed by atoms with Gasteiger partial charge in [0.25, 0.3) is 0 Å². The number of hydrogen-bond donors (Lipinski definition) is 1. The number of nitrogens with zero attached hydrogens (tertiary/aromatic N) is 1. The van der Waals surface area contributed by atoms with Crippen LogP contribution in [0.4, 0.5) is 5.69 Å².